The zero-order chi connectivity index (χ0) is 47.8. The van der Waals surface area contributed by atoms with Crippen molar-refractivity contribution in [3.63, 3.8) is 0 Å². The second-order valence-electron chi connectivity index (χ2n) is 17.9. The van der Waals surface area contributed by atoms with Crippen LogP contribution in [-0.4, -0.2) is 20.7 Å². The molecule has 0 aliphatic rings. The molecule has 0 saturated heterocycles. The first-order chi connectivity index (χ1) is 35.0. The van der Waals surface area contributed by atoms with Gasteiger partial charge in [-0.1, -0.05) is 182 Å². The van der Waals surface area contributed by atoms with Crippen molar-refractivity contribution < 1.29 is 0 Å². The first-order valence-corrected chi connectivity index (χ1v) is 24.8. The third-order valence-electron chi connectivity index (χ3n) is 13.4. The van der Waals surface area contributed by atoms with E-state index in [2.05, 4.69) is 217 Å². The zero-order valence-corrected chi connectivity index (χ0v) is 40.3. The van der Waals surface area contributed by atoms with Gasteiger partial charge in [0.25, 0.3) is 0 Å². The van der Waals surface area contributed by atoms with Crippen LogP contribution in [0.25, 0.3) is 92.0 Å². The first-order valence-electron chi connectivity index (χ1n) is 24.0. The summed E-state index contributed by atoms with van der Waals surface area (Å²) in [5, 5.41) is 7.63. The summed E-state index contributed by atoms with van der Waals surface area (Å²) in [5.74, 6) is 0.662. The molecule has 0 bridgehead atoms. The maximum Gasteiger partial charge on any atom is 0.160 e. The van der Waals surface area contributed by atoms with Gasteiger partial charge in [0.05, 0.1) is 27.8 Å². The summed E-state index contributed by atoms with van der Waals surface area (Å²) < 4.78 is 7.23. The second-order valence-corrected chi connectivity index (χ2v) is 19.0. The number of amidine groups is 1. The fraction of sp³-hybridized carbons (Fsp3) is 0.0303. The lowest BCUT2D eigenvalue weighted by atomic mass is 10.0. The number of hydrogen-bond donors (Lipinski definition) is 0. The molecule has 13 aromatic rings. The summed E-state index contributed by atoms with van der Waals surface area (Å²) in [6.07, 6.45) is 0. The van der Waals surface area contributed by atoms with E-state index in [0.717, 1.165) is 22.4 Å². The maximum absolute atomic E-state index is 4.94. The monoisotopic (exact) mass is 928 g/mol. The molecular weight excluding hydrogens is 881 g/mol. The highest BCUT2D eigenvalue weighted by molar-refractivity contribution is 7.26. The number of benzene rings is 10. The highest BCUT2D eigenvalue weighted by Gasteiger charge is 2.17. The van der Waals surface area contributed by atoms with E-state index in [1.165, 1.54) is 91.8 Å². The summed E-state index contributed by atoms with van der Waals surface area (Å²) in [5.41, 5.74) is 15.7. The van der Waals surface area contributed by atoms with E-state index in [0.29, 0.717) is 11.5 Å². The van der Waals surface area contributed by atoms with Crippen molar-refractivity contribution in [3.8, 4) is 22.5 Å². The average Bonchev–Trinajstić information content (AvgIpc) is 4.09. The molecule has 0 aliphatic heterocycles. The van der Waals surface area contributed by atoms with Crippen molar-refractivity contribution >= 4 is 92.4 Å². The molecule has 0 fully saturated rings. The Morgan fingerprint density at radius 3 is 1.52 bits per heavy atom. The van der Waals surface area contributed by atoms with Crippen molar-refractivity contribution in [2.75, 3.05) is 0 Å². The number of para-hydroxylation sites is 3. The van der Waals surface area contributed by atoms with Crippen LogP contribution in [-0.2, 0) is 0 Å². The lowest BCUT2D eigenvalue weighted by Crippen LogP contribution is -2.04. The van der Waals surface area contributed by atoms with Crippen molar-refractivity contribution in [3.05, 3.63) is 271 Å². The summed E-state index contributed by atoms with van der Waals surface area (Å²) in [6, 6.07) is 85.7. The summed E-state index contributed by atoms with van der Waals surface area (Å²) in [6.45, 7) is 8.53. The van der Waals surface area contributed by atoms with E-state index >= 15 is 0 Å². The molecule has 3 heterocycles. The van der Waals surface area contributed by atoms with Crippen LogP contribution in [0.1, 0.15) is 29.2 Å². The van der Waals surface area contributed by atoms with Gasteiger partial charge in [-0.05, 0) is 103 Å². The van der Waals surface area contributed by atoms with Gasteiger partial charge in [0.15, 0.2) is 5.84 Å². The minimum Gasteiger partial charge on any atom is -0.309 e. The highest BCUT2D eigenvalue weighted by atomic mass is 32.1. The SMILES string of the molecule is C=C(N=C(N=C(C)c1ccccc1)c1ccccc1)c1cccc2c1sc1ccccc12.Cc1ccc2c(c1)c1cc(-c3ccc4c(c3)c3ccccc3n4-c3ccccc3)ccc1n2-c1ccccc1. The summed E-state index contributed by atoms with van der Waals surface area (Å²) in [7, 11) is 0. The molecule has 5 heteroatoms. The van der Waals surface area contributed by atoms with Crippen LogP contribution in [0.3, 0.4) is 0 Å². The summed E-state index contributed by atoms with van der Waals surface area (Å²) >= 11 is 1.78. The first kappa shape index (κ1) is 43.4. The Bertz CT molecular complexity index is 4180. The Morgan fingerprint density at radius 1 is 0.408 bits per heavy atom. The lowest BCUT2D eigenvalue weighted by Gasteiger charge is -2.09. The number of aromatic nitrogens is 2. The Kier molecular flexibility index (Phi) is 11.3. The highest BCUT2D eigenvalue weighted by Crippen LogP contribution is 2.40. The van der Waals surface area contributed by atoms with Crippen LogP contribution < -0.4 is 0 Å². The van der Waals surface area contributed by atoms with E-state index in [-0.39, 0.29) is 0 Å². The Balaban J connectivity index is 0.000000149. The van der Waals surface area contributed by atoms with E-state index in [1.807, 2.05) is 55.5 Å². The zero-order valence-electron chi connectivity index (χ0n) is 39.5. The molecule has 0 spiro atoms. The molecule has 13 rings (SSSR count). The lowest BCUT2D eigenvalue weighted by molar-refractivity contribution is 1.18. The van der Waals surface area contributed by atoms with Crippen molar-refractivity contribution in [2.24, 2.45) is 9.98 Å². The molecule has 71 heavy (non-hydrogen) atoms. The smallest absolute Gasteiger partial charge is 0.160 e. The van der Waals surface area contributed by atoms with Gasteiger partial charge in [0.2, 0.25) is 0 Å². The Hall–Kier alpha value is -8.90. The van der Waals surface area contributed by atoms with Gasteiger partial charge in [-0.2, -0.15) is 0 Å². The van der Waals surface area contributed by atoms with Crippen LogP contribution in [0.5, 0.6) is 0 Å². The fourth-order valence-electron chi connectivity index (χ4n) is 9.99. The molecule has 0 aliphatic carbocycles. The van der Waals surface area contributed by atoms with Crippen LogP contribution in [0.2, 0.25) is 0 Å². The van der Waals surface area contributed by atoms with Gasteiger partial charge in [-0.3, -0.25) is 0 Å². The third kappa shape index (κ3) is 8.12. The van der Waals surface area contributed by atoms with Crippen LogP contribution in [0, 0.1) is 6.92 Å². The Labute approximate surface area is 417 Å². The average molecular weight is 929 g/mol. The molecule has 0 saturated carbocycles. The predicted octanol–water partition coefficient (Wildman–Crippen LogP) is 17.8. The molecule has 3 aromatic heterocycles. The van der Waals surface area contributed by atoms with Crippen LogP contribution >= 0.6 is 11.3 Å². The quantitative estimate of drug-likeness (QED) is 0.113. The van der Waals surface area contributed by atoms with E-state index in [1.54, 1.807) is 11.3 Å². The van der Waals surface area contributed by atoms with Gasteiger partial charge < -0.3 is 9.13 Å². The standard InChI is InChI=1S/C37H26N2.C29H22N2S/c1-25-16-19-35-31(22-25)33-24-27(18-21-37(33)39(35)29-12-6-3-7-13-29)26-17-20-36-32(23-26)30-14-8-9-15-34(30)38(36)28-10-4-2-5-11-28;1-20(22-12-5-3-6-13-22)30-29(23-14-7-4-8-15-23)31-21(2)24-17-11-18-26-25-16-9-10-19-27(25)32-28(24)26/h2-24H,1H3;3-19H,2H2,1H3. The Morgan fingerprint density at radius 2 is 0.887 bits per heavy atom. The normalized spacial score (nSPS) is 12.0. The molecule has 10 aromatic carbocycles. The minimum atomic E-state index is 0.662. The van der Waals surface area contributed by atoms with Gasteiger partial charge in [-0.25, -0.2) is 9.98 Å². The molecule has 4 nitrogen and oxygen atoms in total. The van der Waals surface area contributed by atoms with Crippen LogP contribution in [0.4, 0.5) is 0 Å². The minimum absolute atomic E-state index is 0.662. The number of aliphatic imine (C=N–C) groups is 2. The molecule has 0 atom stereocenters. The van der Waals surface area contributed by atoms with Crippen molar-refractivity contribution in [1.29, 1.82) is 0 Å². The molecular formula is C66H48N4S. The van der Waals surface area contributed by atoms with E-state index < -0.39 is 0 Å². The molecule has 338 valence electrons. The number of aryl methyl sites for hydroxylation is 1. The number of hydrogen-bond acceptors (Lipinski definition) is 2. The number of nitrogens with zero attached hydrogens (tertiary/aromatic N) is 4. The fourth-order valence-corrected chi connectivity index (χ4v) is 11.2. The predicted molar refractivity (Wildman–Crippen MR) is 305 cm³/mol. The third-order valence-corrected chi connectivity index (χ3v) is 14.6. The largest absolute Gasteiger partial charge is 0.309 e. The molecule has 0 amide bonds. The van der Waals surface area contributed by atoms with Gasteiger partial charge in [-0.15, -0.1) is 11.3 Å². The molecule has 0 radical (unpaired) electrons. The van der Waals surface area contributed by atoms with Crippen molar-refractivity contribution in [1.82, 2.24) is 9.13 Å². The molecule has 0 N–H and O–H groups in total. The topological polar surface area (TPSA) is 34.6 Å². The molecule has 0 unspecified atom stereocenters. The van der Waals surface area contributed by atoms with Crippen LogP contribution in [0.15, 0.2) is 259 Å². The van der Waals surface area contributed by atoms with Crippen molar-refractivity contribution in [2.45, 2.75) is 13.8 Å². The van der Waals surface area contributed by atoms with Gasteiger partial charge >= 0.3 is 0 Å². The summed E-state index contributed by atoms with van der Waals surface area (Å²) in [4.78, 5) is 9.86. The van der Waals surface area contributed by atoms with E-state index in [9.17, 15) is 0 Å². The second kappa shape index (κ2) is 18.5. The van der Waals surface area contributed by atoms with E-state index in [4.69, 9.17) is 9.98 Å². The maximum atomic E-state index is 4.94. The number of rotatable bonds is 7. The van der Waals surface area contributed by atoms with Gasteiger partial charge in [0.1, 0.15) is 0 Å². The van der Waals surface area contributed by atoms with Gasteiger partial charge in [0, 0.05) is 69.9 Å². The number of thiophene rings is 1. The number of fused-ring (bicyclic) bond motifs is 9.